The van der Waals surface area contributed by atoms with Gasteiger partial charge in [0.05, 0.1) is 6.21 Å². The predicted octanol–water partition coefficient (Wildman–Crippen LogP) is 3.33. The molecule has 1 N–H and O–H groups in total. The van der Waals surface area contributed by atoms with Crippen LogP contribution in [0, 0.1) is 5.82 Å². The Labute approximate surface area is 102 Å². The number of ether oxygens (including phenoxy) is 1. The van der Waals surface area contributed by atoms with Crippen LogP contribution in [0.5, 0.6) is 5.75 Å². The van der Waals surface area contributed by atoms with E-state index in [1.165, 1.54) is 24.3 Å². The molecule has 0 unspecified atom stereocenters. The summed E-state index contributed by atoms with van der Waals surface area (Å²) in [7, 11) is 0. The molecule has 0 bridgehead atoms. The van der Waals surface area contributed by atoms with Crippen molar-refractivity contribution in [3.8, 4) is 5.75 Å². The van der Waals surface area contributed by atoms with E-state index in [1.54, 1.807) is 0 Å². The van der Waals surface area contributed by atoms with Gasteiger partial charge in [0.2, 0.25) is 0 Å². The fraction of sp³-hybridized carbons (Fsp3) is 0.100. The summed E-state index contributed by atoms with van der Waals surface area (Å²) in [5, 5.41) is 11.1. The van der Waals surface area contributed by atoms with Crippen LogP contribution < -0.4 is 4.74 Å². The molecular formula is C10H8Cl2FNO2. The minimum absolute atomic E-state index is 0.0308. The molecule has 0 radical (unpaired) electrons. The van der Waals surface area contributed by atoms with E-state index in [2.05, 4.69) is 5.16 Å². The van der Waals surface area contributed by atoms with Crippen LogP contribution in [-0.2, 0) is 0 Å². The first-order chi connectivity index (χ1) is 7.63. The number of hydrogen-bond acceptors (Lipinski definition) is 3. The molecule has 1 aromatic rings. The highest BCUT2D eigenvalue weighted by atomic mass is 35.5. The fourth-order valence-electron chi connectivity index (χ4n) is 0.972. The molecule has 6 heteroatoms. The van der Waals surface area contributed by atoms with Gasteiger partial charge in [0, 0.05) is 0 Å². The second kappa shape index (κ2) is 6.35. The molecule has 0 heterocycles. The molecule has 0 aliphatic heterocycles. The summed E-state index contributed by atoms with van der Waals surface area (Å²) in [6.07, 6.45) is 2.55. The van der Waals surface area contributed by atoms with Gasteiger partial charge in [0.1, 0.15) is 11.1 Å². The molecule has 86 valence electrons. The number of rotatable bonds is 4. The van der Waals surface area contributed by atoms with Gasteiger partial charge < -0.3 is 9.94 Å². The third kappa shape index (κ3) is 4.08. The van der Waals surface area contributed by atoms with Crippen LogP contribution in [0.4, 0.5) is 4.39 Å². The van der Waals surface area contributed by atoms with Crippen LogP contribution in [0.2, 0.25) is 0 Å². The lowest BCUT2D eigenvalue weighted by Gasteiger charge is -2.05. The summed E-state index contributed by atoms with van der Waals surface area (Å²) >= 11 is 10.7. The Bertz CT molecular complexity index is 417. The quantitative estimate of drug-likeness (QED) is 0.515. The monoisotopic (exact) mass is 263 g/mol. The molecule has 0 aliphatic rings. The Hall–Kier alpha value is -1.26. The minimum atomic E-state index is -0.519. The molecular weight excluding hydrogens is 256 g/mol. The van der Waals surface area contributed by atoms with E-state index in [4.69, 9.17) is 33.1 Å². The zero-order chi connectivity index (χ0) is 12.0. The average Bonchev–Trinajstić information content (AvgIpc) is 2.22. The summed E-state index contributed by atoms with van der Waals surface area (Å²) in [4.78, 5) is 0. The summed E-state index contributed by atoms with van der Waals surface area (Å²) in [5.41, 5.74) is 0.514. The first-order valence-corrected chi connectivity index (χ1v) is 5.00. The Morgan fingerprint density at radius 1 is 1.50 bits per heavy atom. The van der Waals surface area contributed by atoms with Gasteiger partial charge >= 0.3 is 0 Å². The molecule has 0 saturated carbocycles. The Balaban J connectivity index is 2.78. The Kier molecular flexibility index (Phi) is 5.08. The summed E-state index contributed by atoms with van der Waals surface area (Å²) < 4.78 is 18.3. The van der Waals surface area contributed by atoms with Gasteiger partial charge in [-0.1, -0.05) is 34.4 Å². The topological polar surface area (TPSA) is 41.8 Å². The number of halogens is 3. The van der Waals surface area contributed by atoms with E-state index in [0.29, 0.717) is 5.56 Å². The Morgan fingerprint density at radius 3 is 2.88 bits per heavy atom. The average molecular weight is 264 g/mol. The van der Waals surface area contributed by atoms with Gasteiger partial charge in [0.15, 0.2) is 11.6 Å². The largest absolute Gasteiger partial charge is 0.486 e. The zero-order valence-corrected chi connectivity index (χ0v) is 9.54. The summed E-state index contributed by atoms with van der Waals surface area (Å²) in [6, 6.07) is 4.05. The molecule has 0 saturated heterocycles. The predicted molar refractivity (Wildman–Crippen MR) is 61.1 cm³/mol. The molecule has 1 aromatic carbocycles. The standard InChI is InChI=1S/C10H8Cl2FNO2/c11-10(12)3-4-16-9-5-7(6-14-15)1-2-8(9)13/h1-3,5-6,15H,4H2. The van der Waals surface area contributed by atoms with E-state index in [0.717, 1.165) is 6.21 Å². The molecule has 0 spiro atoms. The van der Waals surface area contributed by atoms with Crippen molar-refractivity contribution in [2.75, 3.05) is 6.61 Å². The molecule has 0 aliphatic carbocycles. The van der Waals surface area contributed by atoms with Crippen LogP contribution in [0.1, 0.15) is 5.56 Å². The van der Waals surface area contributed by atoms with Crippen molar-refractivity contribution in [2.45, 2.75) is 0 Å². The summed E-state index contributed by atoms with van der Waals surface area (Å²) in [6.45, 7) is 0.0545. The van der Waals surface area contributed by atoms with Crippen molar-refractivity contribution >= 4 is 29.4 Å². The lowest BCUT2D eigenvalue weighted by atomic mass is 10.2. The highest BCUT2D eigenvalue weighted by Gasteiger charge is 2.03. The maximum Gasteiger partial charge on any atom is 0.165 e. The van der Waals surface area contributed by atoms with E-state index in [9.17, 15) is 4.39 Å². The van der Waals surface area contributed by atoms with Crippen LogP contribution in [0.3, 0.4) is 0 Å². The first kappa shape index (κ1) is 12.8. The number of oxime groups is 1. The second-order valence-corrected chi connectivity index (χ2v) is 3.75. The van der Waals surface area contributed by atoms with Crippen molar-refractivity contribution in [3.05, 3.63) is 40.1 Å². The van der Waals surface area contributed by atoms with Crippen molar-refractivity contribution in [1.29, 1.82) is 0 Å². The van der Waals surface area contributed by atoms with Gasteiger partial charge in [-0.2, -0.15) is 0 Å². The number of benzene rings is 1. The Morgan fingerprint density at radius 2 is 2.25 bits per heavy atom. The van der Waals surface area contributed by atoms with Crippen molar-refractivity contribution < 1.29 is 14.3 Å². The zero-order valence-electron chi connectivity index (χ0n) is 8.03. The molecule has 16 heavy (non-hydrogen) atoms. The third-order valence-electron chi connectivity index (χ3n) is 1.64. The molecule has 0 atom stereocenters. The maximum atomic E-state index is 13.2. The van der Waals surface area contributed by atoms with E-state index < -0.39 is 5.82 Å². The first-order valence-electron chi connectivity index (χ1n) is 4.24. The van der Waals surface area contributed by atoms with Crippen molar-refractivity contribution in [1.82, 2.24) is 0 Å². The van der Waals surface area contributed by atoms with Gasteiger partial charge in [-0.3, -0.25) is 0 Å². The molecule has 0 aromatic heterocycles. The molecule has 3 nitrogen and oxygen atoms in total. The van der Waals surface area contributed by atoms with Gasteiger partial charge in [0.25, 0.3) is 0 Å². The minimum Gasteiger partial charge on any atom is -0.486 e. The number of hydrogen-bond donors (Lipinski definition) is 1. The van der Waals surface area contributed by atoms with E-state index in [1.807, 2.05) is 0 Å². The van der Waals surface area contributed by atoms with Gasteiger partial charge in [-0.05, 0) is 23.8 Å². The smallest absolute Gasteiger partial charge is 0.165 e. The molecule has 1 rings (SSSR count). The van der Waals surface area contributed by atoms with E-state index >= 15 is 0 Å². The molecule has 0 amide bonds. The SMILES string of the molecule is ON=Cc1ccc(F)c(OCC=C(Cl)Cl)c1. The highest BCUT2D eigenvalue weighted by molar-refractivity contribution is 6.55. The van der Waals surface area contributed by atoms with Gasteiger partial charge in [-0.25, -0.2) is 4.39 Å². The fourth-order valence-corrected chi connectivity index (χ4v) is 1.10. The highest BCUT2D eigenvalue weighted by Crippen LogP contribution is 2.18. The second-order valence-electron chi connectivity index (χ2n) is 2.74. The van der Waals surface area contributed by atoms with E-state index in [-0.39, 0.29) is 16.8 Å². The van der Waals surface area contributed by atoms with Crippen LogP contribution in [-0.4, -0.2) is 18.0 Å². The van der Waals surface area contributed by atoms with Gasteiger partial charge in [-0.15, -0.1) is 0 Å². The van der Waals surface area contributed by atoms with Crippen LogP contribution >= 0.6 is 23.2 Å². The lowest BCUT2D eigenvalue weighted by Crippen LogP contribution is -1.97. The van der Waals surface area contributed by atoms with Crippen molar-refractivity contribution in [2.24, 2.45) is 5.16 Å². The van der Waals surface area contributed by atoms with Crippen LogP contribution in [0.15, 0.2) is 33.9 Å². The third-order valence-corrected chi connectivity index (χ3v) is 1.95. The summed E-state index contributed by atoms with van der Waals surface area (Å²) in [5.74, 6) is -0.489. The van der Waals surface area contributed by atoms with Crippen molar-refractivity contribution in [3.63, 3.8) is 0 Å². The lowest BCUT2D eigenvalue weighted by molar-refractivity contribution is 0.321. The number of nitrogens with zero attached hydrogens (tertiary/aromatic N) is 1. The molecule has 0 fully saturated rings. The van der Waals surface area contributed by atoms with Crippen LogP contribution in [0.25, 0.3) is 0 Å². The maximum absolute atomic E-state index is 13.2. The normalized spacial score (nSPS) is 10.4.